The van der Waals surface area contributed by atoms with Crippen molar-refractivity contribution >= 4 is 6.21 Å². The summed E-state index contributed by atoms with van der Waals surface area (Å²) >= 11 is 0. The molecule has 0 amide bonds. The van der Waals surface area contributed by atoms with Crippen LogP contribution in [0.15, 0.2) is 18.2 Å². The summed E-state index contributed by atoms with van der Waals surface area (Å²) < 4.78 is 13.5. The smallest absolute Gasteiger partial charge is 0.132 e. The molecular formula is C14H19FN2O. The topological polar surface area (TPSA) is 47.3 Å². The average molecular weight is 250 g/mol. The van der Waals surface area contributed by atoms with Crippen molar-refractivity contribution in [3.05, 3.63) is 35.1 Å². The van der Waals surface area contributed by atoms with Crippen molar-refractivity contribution in [2.24, 2.45) is 0 Å². The molecule has 1 fully saturated rings. The number of likely N-dealkylation sites (tertiary alicyclic amines) is 1. The minimum Gasteiger partial charge on any atom is -0.388 e. The molecule has 2 rings (SSSR count). The zero-order chi connectivity index (χ0) is 13.0. The maximum atomic E-state index is 13.5. The van der Waals surface area contributed by atoms with E-state index in [2.05, 4.69) is 4.90 Å². The predicted octanol–water partition coefficient (Wildman–Crippen LogP) is 2.34. The summed E-state index contributed by atoms with van der Waals surface area (Å²) in [5.74, 6) is -0.442. The van der Waals surface area contributed by atoms with Crippen molar-refractivity contribution in [3.63, 3.8) is 0 Å². The lowest BCUT2D eigenvalue weighted by Gasteiger charge is -2.17. The van der Waals surface area contributed by atoms with Gasteiger partial charge in [-0.25, -0.2) is 4.39 Å². The molecule has 0 radical (unpaired) electrons. The van der Waals surface area contributed by atoms with Crippen LogP contribution in [0.1, 0.15) is 36.5 Å². The molecular weight excluding hydrogens is 231 g/mol. The number of hydrogen-bond acceptors (Lipinski definition) is 3. The maximum Gasteiger partial charge on any atom is 0.132 e. The van der Waals surface area contributed by atoms with Crippen LogP contribution in [0.2, 0.25) is 0 Å². The third-order valence-electron chi connectivity index (χ3n) is 3.48. The summed E-state index contributed by atoms with van der Waals surface area (Å²) in [7, 11) is 0. The van der Waals surface area contributed by atoms with Crippen molar-refractivity contribution in [2.45, 2.75) is 25.4 Å². The summed E-state index contributed by atoms with van der Waals surface area (Å²) in [6.45, 7) is 3.07. The second kappa shape index (κ2) is 6.07. The molecule has 3 nitrogen and oxygen atoms in total. The van der Waals surface area contributed by atoms with Crippen LogP contribution in [0.5, 0.6) is 0 Å². The van der Waals surface area contributed by atoms with Crippen LogP contribution in [0.4, 0.5) is 4.39 Å². The third kappa shape index (κ3) is 3.15. The number of hydrogen-bond donors (Lipinski definition) is 2. The third-order valence-corrected chi connectivity index (χ3v) is 3.48. The minimum absolute atomic E-state index is 0.255. The van der Waals surface area contributed by atoms with Gasteiger partial charge in [-0.3, -0.25) is 0 Å². The van der Waals surface area contributed by atoms with Gasteiger partial charge in [0.05, 0.1) is 6.10 Å². The van der Waals surface area contributed by atoms with Crippen molar-refractivity contribution in [1.29, 1.82) is 5.41 Å². The Balaban J connectivity index is 1.93. The minimum atomic E-state index is -0.625. The standard InChI is InChI=1S/C14H19FN2O/c15-13-9-11(3-4-12(13)10-16)14(18)5-8-17-6-1-2-7-17/h3-4,9-10,14,16,18H,1-2,5-8H2/t14-/m0/s1. The van der Waals surface area contributed by atoms with E-state index in [0.29, 0.717) is 12.0 Å². The van der Waals surface area contributed by atoms with Gasteiger partial charge in [-0.05, 0) is 44.0 Å². The molecule has 0 unspecified atom stereocenters. The molecule has 0 aromatic heterocycles. The molecule has 18 heavy (non-hydrogen) atoms. The molecule has 1 aliphatic rings. The first-order valence-corrected chi connectivity index (χ1v) is 6.41. The van der Waals surface area contributed by atoms with E-state index in [-0.39, 0.29) is 5.56 Å². The largest absolute Gasteiger partial charge is 0.388 e. The number of nitrogens with zero attached hydrogens (tertiary/aromatic N) is 1. The lowest BCUT2D eigenvalue weighted by molar-refractivity contribution is 0.148. The Morgan fingerprint density at radius 2 is 2.11 bits per heavy atom. The molecule has 0 saturated carbocycles. The maximum absolute atomic E-state index is 13.5. The van der Waals surface area contributed by atoms with Crippen molar-refractivity contribution in [2.75, 3.05) is 19.6 Å². The summed E-state index contributed by atoms with van der Waals surface area (Å²) in [6, 6.07) is 4.56. The number of nitrogens with one attached hydrogen (secondary N) is 1. The van der Waals surface area contributed by atoms with E-state index in [4.69, 9.17) is 5.41 Å². The fraction of sp³-hybridized carbons (Fsp3) is 0.500. The predicted molar refractivity (Wildman–Crippen MR) is 69.5 cm³/mol. The summed E-state index contributed by atoms with van der Waals surface area (Å²) in [5.41, 5.74) is 0.850. The Labute approximate surface area is 107 Å². The van der Waals surface area contributed by atoms with Crippen molar-refractivity contribution < 1.29 is 9.50 Å². The van der Waals surface area contributed by atoms with E-state index < -0.39 is 11.9 Å². The zero-order valence-electron chi connectivity index (χ0n) is 10.4. The molecule has 2 N–H and O–H groups in total. The number of benzene rings is 1. The number of aliphatic hydroxyl groups is 1. The SMILES string of the molecule is N=Cc1ccc([C@@H](O)CCN2CCCC2)cc1F. The highest BCUT2D eigenvalue weighted by molar-refractivity contribution is 5.77. The highest BCUT2D eigenvalue weighted by Crippen LogP contribution is 2.20. The van der Waals surface area contributed by atoms with E-state index in [0.717, 1.165) is 25.8 Å². The first-order valence-electron chi connectivity index (χ1n) is 6.41. The Morgan fingerprint density at radius 1 is 1.39 bits per heavy atom. The quantitative estimate of drug-likeness (QED) is 0.788. The van der Waals surface area contributed by atoms with Gasteiger partial charge in [0.15, 0.2) is 0 Å². The van der Waals surface area contributed by atoms with Crippen LogP contribution < -0.4 is 0 Å². The van der Waals surface area contributed by atoms with Crippen molar-refractivity contribution in [1.82, 2.24) is 4.90 Å². The molecule has 1 aromatic rings. The molecule has 0 aliphatic carbocycles. The van der Waals surface area contributed by atoms with E-state index in [9.17, 15) is 9.50 Å². The van der Waals surface area contributed by atoms with Crippen LogP contribution in [0.25, 0.3) is 0 Å². The van der Waals surface area contributed by atoms with E-state index >= 15 is 0 Å². The van der Waals surface area contributed by atoms with Crippen LogP contribution >= 0.6 is 0 Å². The monoisotopic (exact) mass is 250 g/mol. The Morgan fingerprint density at radius 3 is 2.72 bits per heavy atom. The van der Waals surface area contributed by atoms with Gasteiger partial charge in [0.2, 0.25) is 0 Å². The molecule has 1 aromatic carbocycles. The van der Waals surface area contributed by atoms with Gasteiger partial charge in [-0.1, -0.05) is 12.1 Å². The highest BCUT2D eigenvalue weighted by atomic mass is 19.1. The van der Waals surface area contributed by atoms with Gasteiger partial charge in [0.25, 0.3) is 0 Å². The molecule has 1 atom stereocenters. The molecule has 1 heterocycles. The molecule has 1 saturated heterocycles. The molecule has 0 spiro atoms. The van der Waals surface area contributed by atoms with Gasteiger partial charge in [-0.2, -0.15) is 0 Å². The van der Waals surface area contributed by atoms with E-state index in [1.54, 1.807) is 6.07 Å². The van der Waals surface area contributed by atoms with Crippen LogP contribution in [-0.2, 0) is 0 Å². The van der Waals surface area contributed by atoms with Crippen LogP contribution in [-0.4, -0.2) is 35.9 Å². The Hall–Kier alpha value is -1.26. The van der Waals surface area contributed by atoms with Gasteiger partial charge in [0.1, 0.15) is 5.82 Å². The van der Waals surface area contributed by atoms with Crippen molar-refractivity contribution in [3.8, 4) is 0 Å². The van der Waals surface area contributed by atoms with Crippen LogP contribution in [0.3, 0.4) is 0 Å². The first-order chi connectivity index (χ1) is 8.70. The molecule has 1 aliphatic heterocycles. The first kappa shape index (κ1) is 13.2. The fourth-order valence-corrected chi connectivity index (χ4v) is 2.35. The van der Waals surface area contributed by atoms with Gasteiger partial charge in [0, 0.05) is 18.3 Å². The Bertz CT molecular complexity index is 416. The number of halogens is 1. The second-order valence-corrected chi connectivity index (χ2v) is 4.78. The van der Waals surface area contributed by atoms with Gasteiger partial charge < -0.3 is 15.4 Å². The summed E-state index contributed by atoms with van der Waals surface area (Å²) in [6.07, 6.45) is 3.45. The van der Waals surface area contributed by atoms with E-state index in [1.165, 1.54) is 25.0 Å². The highest BCUT2D eigenvalue weighted by Gasteiger charge is 2.15. The lowest BCUT2D eigenvalue weighted by Crippen LogP contribution is -2.22. The zero-order valence-corrected chi connectivity index (χ0v) is 10.4. The average Bonchev–Trinajstić information content (AvgIpc) is 2.89. The molecule has 4 heteroatoms. The Kier molecular flexibility index (Phi) is 4.44. The lowest BCUT2D eigenvalue weighted by atomic mass is 10.0. The second-order valence-electron chi connectivity index (χ2n) is 4.78. The number of rotatable bonds is 5. The summed E-state index contributed by atoms with van der Waals surface area (Å²) in [5, 5.41) is 17.0. The molecule has 0 bridgehead atoms. The van der Waals surface area contributed by atoms with E-state index in [1.807, 2.05) is 0 Å². The van der Waals surface area contributed by atoms with Gasteiger partial charge in [-0.15, -0.1) is 0 Å². The normalized spacial score (nSPS) is 17.9. The fourth-order valence-electron chi connectivity index (χ4n) is 2.35. The van der Waals surface area contributed by atoms with Gasteiger partial charge >= 0.3 is 0 Å². The number of aliphatic hydroxyl groups excluding tert-OH is 1. The summed E-state index contributed by atoms with van der Waals surface area (Å²) in [4.78, 5) is 2.32. The van der Waals surface area contributed by atoms with Crippen LogP contribution in [0, 0.1) is 11.2 Å². The molecule has 98 valence electrons.